The maximum absolute atomic E-state index is 12.6. The molecular formula is C20H26N2O6S. The zero-order valence-electron chi connectivity index (χ0n) is 17.2. The average Bonchev–Trinajstić information content (AvgIpc) is 2.93. The predicted molar refractivity (Wildman–Crippen MR) is 110 cm³/mol. The molecule has 9 heteroatoms. The van der Waals surface area contributed by atoms with Gasteiger partial charge in [-0.2, -0.15) is 0 Å². The van der Waals surface area contributed by atoms with Gasteiger partial charge in [-0.15, -0.1) is 0 Å². The Hall–Kier alpha value is -2.65. The Kier molecular flexibility index (Phi) is 7.21. The van der Waals surface area contributed by atoms with Crippen LogP contribution in [0.2, 0.25) is 0 Å². The SMILES string of the molecule is COC[C@H](C)n1c(C)cc(C(=O)COC(=O)c2ccccc2NS(C)(=O)=O)c1C. The Balaban J connectivity index is 2.15. The highest BCUT2D eigenvalue weighted by atomic mass is 32.2. The number of rotatable bonds is 9. The fourth-order valence-corrected chi connectivity index (χ4v) is 3.87. The molecule has 1 heterocycles. The summed E-state index contributed by atoms with van der Waals surface area (Å²) >= 11 is 0. The molecule has 0 radical (unpaired) electrons. The number of hydrogen-bond donors (Lipinski definition) is 1. The molecule has 29 heavy (non-hydrogen) atoms. The second-order valence-electron chi connectivity index (χ2n) is 6.88. The molecule has 1 atom stereocenters. The maximum atomic E-state index is 12.6. The van der Waals surface area contributed by atoms with E-state index in [1.807, 2.05) is 25.3 Å². The Morgan fingerprint density at radius 3 is 2.45 bits per heavy atom. The van der Waals surface area contributed by atoms with Crippen LogP contribution in [0.3, 0.4) is 0 Å². The Morgan fingerprint density at radius 2 is 1.83 bits per heavy atom. The van der Waals surface area contributed by atoms with Crippen LogP contribution in [0, 0.1) is 13.8 Å². The molecule has 2 aromatic rings. The molecule has 0 spiro atoms. The lowest BCUT2D eigenvalue weighted by atomic mass is 10.1. The summed E-state index contributed by atoms with van der Waals surface area (Å²) in [4.78, 5) is 25.0. The summed E-state index contributed by atoms with van der Waals surface area (Å²) in [5, 5.41) is 0. The first-order chi connectivity index (χ1) is 13.5. The molecule has 0 saturated heterocycles. The van der Waals surface area contributed by atoms with Crippen molar-refractivity contribution in [3.8, 4) is 0 Å². The minimum Gasteiger partial charge on any atom is -0.454 e. The van der Waals surface area contributed by atoms with Gasteiger partial charge in [0.25, 0.3) is 0 Å². The third-order valence-electron chi connectivity index (χ3n) is 4.41. The summed E-state index contributed by atoms with van der Waals surface area (Å²) < 4.78 is 37.6. The van der Waals surface area contributed by atoms with E-state index < -0.39 is 22.6 Å². The van der Waals surface area contributed by atoms with E-state index in [1.165, 1.54) is 12.1 Å². The van der Waals surface area contributed by atoms with Crippen LogP contribution in [0.1, 0.15) is 45.1 Å². The lowest BCUT2D eigenvalue weighted by Gasteiger charge is -2.17. The number of ketones is 1. The lowest BCUT2D eigenvalue weighted by molar-refractivity contribution is 0.0475. The minimum absolute atomic E-state index is 0.0323. The Bertz CT molecular complexity index is 1010. The normalized spacial score (nSPS) is 12.4. The number of methoxy groups -OCH3 is 1. The Labute approximate surface area is 170 Å². The van der Waals surface area contributed by atoms with Crippen LogP contribution in [0.25, 0.3) is 0 Å². The molecular weight excluding hydrogens is 396 g/mol. The van der Waals surface area contributed by atoms with Crippen LogP contribution in [-0.4, -0.2) is 51.3 Å². The minimum atomic E-state index is -3.57. The quantitative estimate of drug-likeness (QED) is 0.492. The molecule has 0 aliphatic rings. The van der Waals surface area contributed by atoms with Crippen molar-refractivity contribution in [2.75, 3.05) is 31.3 Å². The summed E-state index contributed by atoms with van der Waals surface area (Å²) in [6.45, 7) is 5.77. The van der Waals surface area contributed by atoms with Crippen molar-refractivity contribution in [3.05, 3.63) is 52.8 Å². The van der Waals surface area contributed by atoms with Gasteiger partial charge in [0, 0.05) is 24.1 Å². The van der Waals surface area contributed by atoms with E-state index in [9.17, 15) is 18.0 Å². The largest absolute Gasteiger partial charge is 0.454 e. The van der Waals surface area contributed by atoms with Crippen molar-refractivity contribution < 1.29 is 27.5 Å². The lowest BCUT2D eigenvalue weighted by Crippen LogP contribution is -2.18. The molecule has 8 nitrogen and oxygen atoms in total. The van der Waals surface area contributed by atoms with Crippen molar-refractivity contribution in [1.29, 1.82) is 0 Å². The van der Waals surface area contributed by atoms with Crippen LogP contribution in [0.4, 0.5) is 5.69 Å². The van der Waals surface area contributed by atoms with Crippen molar-refractivity contribution in [2.24, 2.45) is 0 Å². The number of para-hydroxylation sites is 1. The van der Waals surface area contributed by atoms with E-state index in [2.05, 4.69) is 4.72 Å². The van der Waals surface area contributed by atoms with Crippen molar-refractivity contribution in [1.82, 2.24) is 4.57 Å². The van der Waals surface area contributed by atoms with Gasteiger partial charge in [0.1, 0.15) is 0 Å². The molecule has 0 bridgehead atoms. The van der Waals surface area contributed by atoms with Gasteiger partial charge in [-0.1, -0.05) is 12.1 Å². The third kappa shape index (κ3) is 5.68. The van der Waals surface area contributed by atoms with E-state index in [0.29, 0.717) is 12.2 Å². The molecule has 1 aromatic heterocycles. The first-order valence-corrected chi connectivity index (χ1v) is 10.9. The van der Waals surface area contributed by atoms with Crippen molar-refractivity contribution in [2.45, 2.75) is 26.8 Å². The number of aromatic nitrogens is 1. The third-order valence-corrected chi connectivity index (χ3v) is 5.00. The van der Waals surface area contributed by atoms with Gasteiger partial charge < -0.3 is 14.0 Å². The zero-order valence-corrected chi connectivity index (χ0v) is 18.0. The molecule has 0 unspecified atom stereocenters. The fourth-order valence-electron chi connectivity index (χ4n) is 3.29. The molecule has 1 aromatic carbocycles. The number of esters is 1. The van der Waals surface area contributed by atoms with Crippen LogP contribution in [0.5, 0.6) is 0 Å². The molecule has 1 N–H and O–H groups in total. The van der Waals surface area contributed by atoms with Crippen LogP contribution in [-0.2, 0) is 19.5 Å². The molecule has 0 saturated carbocycles. The van der Waals surface area contributed by atoms with Crippen molar-refractivity contribution >= 4 is 27.5 Å². The smallest absolute Gasteiger partial charge is 0.340 e. The highest BCUT2D eigenvalue weighted by molar-refractivity contribution is 7.92. The van der Waals surface area contributed by atoms with E-state index >= 15 is 0 Å². The number of anilines is 1. The number of Topliss-reactive ketones (excluding diaryl/α,β-unsaturated/α-hetero) is 1. The summed E-state index contributed by atoms with van der Waals surface area (Å²) in [5.41, 5.74) is 2.28. The number of carbonyl (C=O) groups is 2. The van der Waals surface area contributed by atoms with Crippen LogP contribution >= 0.6 is 0 Å². The second kappa shape index (κ2) is 9.23. The number of carbonyl (C=O) groups excluding carboxylic acids is 2. The zero-order chi connectivity index (χ0) is 21.8. The molecule has 2 rings (SSSR count). The number of nitrogens with zero attached hydrogens (tertiary/aromatic N) is 1. The van der Waals surface area contributed by atoms with Gasteiger partial charge in [-0.05, 0) is 39.0 Å². The average molecular weight is 423 g/mol. The molecule has 0 fully saturated rings. The van der Waals surface area contributed by atoms with E-state index in [4.69, 9.17) is 9.47 Å². The van der Waals surface area contributed by atoms with Gasteiger partial charge >= 0.3 is 5.97 Å². The Morgan fingerprint density at radius 1 is 1.17 bits per heavy atom. The van der Waals surface area contributed by atoms with Gasteiger partial charge in [-0.3, -0.25) is 9.52 Å². The van der Waals surface area contributed by atoms with Gasteiger partial charge in [0.2, 0.25) is 15.8 Å². The first-order valence-electron chi connectivity index (χ1n) is 8.99. The first kappa shape index (κ1) is 22.6. The molecule has 158 valence electrons. The van der Waals surface area contributed by atoms with Crippen molar-refractivity contribution in [3.63, 3.8) is 0 Å². The van der Waals surface area contributed by atoms with Gasteiger partial charge in [-0.25, -0.2) is 13.2 Å². The van der Waals surface area contributed by atoms with Crippen LogP contribution in [0.15, 0.2) is 30.3 Å². The van der Waals surface area contributed by atoms with E-state index in [1.54, 1.807) is 25.3 Å². The molecule has 0 aliphatic heterocycles. The number of nitrogens with one attached hydrogen (secondary N) is 1. The molecule has 0 aliphatic carbocycles. The number of hydrogen-bond acceptors (Lipinski definition) is 6. The van der Waals surface area contributed by atoms with Gasteiger partial charge in [0.05, 0.1) is 30.2 Å². The number of ether oxygens (including phenoxy) is 2. The van der Waals surface area contributed by atoms with E-state index in [0.717, 1.165) is 17.6 Å². The molecule has 0 amide bonds. The monoisotopic (exact) mass is 422 g/mol. The fraction of sp³-hybridized carbons (Fsp3) is 0.400. The summed E-state index contributed by atoms with van der Waals surface area (Å²) in [6, 6.07) is 7.86. The number of aryl methyl sites for hydroxylation is 1. The second-order valence-corrected chi connectivity index (χ2v) is 8.63. The van der Waals surface area contributed by atoms with Gasteiger partial charge in [0.15, 0.2) is 6.61 Å². The number of sulfonamides is 1. The highest BCUT2D eigenvalue weighted by Gasteiger charge is 2.21. The highest BCUT2D eigenvalue weighted by Crippen LogP contribution is 2.22. The van der Waals surface area contributed by atoms with Crippen LogP contribution < -0.4 is 4.72 Å². The summed E-state index contributed by atoms with van der Waals surface area (Å²) in [5.74, 6) is -1.12. The predicted octanol–water partition coefficient (Wildman–Crippen LogP) is 2.72. The summed E-state index contributed by atoms with van der Waals surface area (Å²) in [7, 11) is -1.95. The topological polar surface area (TPSA) is 104 Å². The van der Waals surface area contributed by atoms with E-state index in [-0.39, 0.29) is 23.1 Å². The summed E-state index contributed by atoms with van der Waals surface area (Å²) in [6.07, 6.45) is 0.985. The standard InChI is InChI=1S/C20H26N2O6S/c1-13-10-17(15(3)22(13)14(2)11-27-4)19(23)12-28-20(24)16-8-6-7-9-18(16)21-29(5,25)26/h6-10,14,21H,11-12H2,1-5H3/t14-/m0/s1. The number of benzene rings is 1. The maximum Gasteiger partial charge on any atom is 0.340 e.